The van der Waals surface area contributed by atoms with Crippen LogP contribution in [0.25, 0.3) is 0 Å². The largest absolute Gasteiger partial charge is 0.244 e. The van der Waals surface area contributed by atoms with E-state index in [0.717, 1.165) is 0 Å². The third-order valence-electron chi connectivity index (χ3n) is 2.09. The average Bonchev–Trinajstić information content (AvgIpc) is 1.93. The molecule has 0 saturated heterocycles. The zero-order valence-electron chi connectivity index (χ0n) is 5.86. The number of alkyl halides is 3. The van der Waals surface area contributed by atoms with E-state index in [4.69, 9.17) is 0 Å². The van der Waals surface area contributed by atoms with Crippen molar-refractivity contribution >= 4 is 10.2 Å². The van der Waals surface area contributed by atoms with Crippen molar-refractivity contribution < 1.29 is 13.2 Å². The molecule has 1 aliphatic carbocycles. The van der Waals surface area contributed by atoms with E-state index in [1.54, 1.807) is 0 Å². The van der Waals surface area contributed by atoms with Crippen LogP contribution >= 0.6 is 0 Å². The molecule has 0 aromatic carbocycles. The van der Waals surface area contributed by atoms with Crippen molar-refractivity contribution in [2.24, 2.45) is 0 Å². The molecular formula is C6H11F3Si. The summed E-state index contributed by atoms with van der Waals surface area (Å²) < 4.78 is 37.5. The minimum atomic E-state index is -1.85. The fourth-order valence-electron chi connectivity index (χ4n) is 1.25. The summed E-state index contributed by atoms with van der Waals surface area (Å²) >= 11 is 0. The van der Waals surface area contributed by atoms with Crippen LogP contribution in [0.5, 0.6) is 0 Å². The lowest BCUT2D eigenvalue weighted by Gasteiger charge is -2.28. The number of hydrogen-bond donors (Lipinski definition) is 0. The van der Waals surface area contributed by atoms with E-state index >= 15 is 0 Å². The van der Waals surface area contributed by atoms with Gasteiger partial charge in [0, 0.05) is 10.2 Å². The Morgan fingerprint density at radius 1 is 1.00 bits per heavy atom. The quantitative estimate of drug-likeness (QED) is 0.472. The monoisotopic (exact) mass is 168 g/mol. The van der Waals surface area contributed by atoms with Gasteiger partial charge in [-0.05, 0) is 18.4 Å². The summed E-state index contributed by atoms with van der Waals surface area (Å²) in [7, 11) is 0.632. The molecule has 0 spiro atoms. The first kappa shape index (κ1) is 8.11. The Hall–Kier alpha value is 0.00688. The van der Waals surface area contributed by atoms with Crippen LogP contribution in [-0.4, -0.2) is 28.8 Å². The predicted molar refractivity (Wildman–Crippen MR) is 37.6 cm³/mol. The highest BCUT2D eigenvalue weighted by molar-refractivity contribution is 6.12. The lowest BCUT2D eigenvalue weighted by Crippen LogP contribution is -2.36. The van der Waals surface area contributed by atoms with Crippen LogP contribution in [-0.2, 0) is 0 Å². The van der Waals surface area contributed by atoms with E-state index in [1.807, 2.05) is 0 Å². The van der Waals surface area contributed by atoms with E-state index < -0.39 is 18.5 Å². The smallest absolute Gasteiger partial charge is 0.162 e. The van der Waals surface area contributed by atoms with Crippen LogP contribution in [0, 0.1) is 0 Å². The SMILES string of the molecule is FC1CCC([SiH3])C(F)C1F. The van der Waals surface area contributed by atoms with Gasteiger partial charge in [0.2, 0.25) is 0 Å². The number of halogens is 3. The first-order valence-corrected chi connectivity index (χ1v) is 4.70. The van der Waals surface area contributed by atoms with E-state index in [1.165, 1.54) is 0 Å². The molecule has 0 heterocycles. The molecule has 0 amide bonds. The Kier molecular flexibility index (Phi) is 2.39. The van der Waals surface area contributed by atoms with E-state index in [-0.39, 0.29) is 12.0 Å². The van der Waals surface area contributed by atoms with Gasteiger partial charge in [-0.2, -0.15) is 0 Å². The lowest BCUT2D eigenvalue weighted by molar-refractivity contribution is 0.0444. The fourth-order valence-corrected chi connectivity index (χ4v) is 1.95. The Morgan fingerprint density at radius 2 is 1.60 bits per heavy atom. The summed E-state index contributed by atoms with van der Waals surface area (Å²) in [6, 6.07) is 0. The second-order valence-electron chi connectivity index (χ2n) is 2.96. The molecule has 0 bridgehead atoms. The molecule has 0 aromatic rings. The summed E-state index contributed by atoms with van der Waals surface area (Å²) in [4.78, 5) is 0. The highest BCUT2D eigenvalue weighted by Crippen LogP contribution is 2.33. The Morgan fingerprint density at radius 3 is 2.10 bits per heavy atom. The maximum absolute atomic E-state index is 12.6. The molecule has 1 rings (SSSR count). The molecule has 10 heavy (non-hydrogen) atoms. The van der Waals surface area contributed by atoms with Crippen molar-refractivity contribution in [1.29, 1.82) is 0 Å². The minimum Gasteiger partial charge on any atom is -0.244 e. The molecule has 1 fully saturated rings. The lowest BCUT2D eigenvalue weighted by atomic mass is 9.95. The molecule has 4 atom stereocenters. The zero-order valence-corrected chi connectivity index (χ0v) is 7.86. The molecule has 1 aliphatic rings. The molecule has 4 unspecified atom stereocenters. The summed E-state index contributed by atoms with van der Waals surface area (Å²) in [5.74, 6) is 0. The van der Waals surface area contributed by atoms with Crippen molar-refractivity contribution in [2.75, 3.05) is 0 Å². The fraction of sp³-hybridized carbons (Fsp3) is 1.00. The molecule has 0 nitrogen and oxygen atoms in total. The van der Waals surface area contributed by atoms with Gasteiger partial charge in [-0.15, -0.1) is 0 Å². The Labute approximate surface area is 61.2 Å². The van der Waals surface area contributed by atoms with Crippen molar-refractivity contribution in [3.63, 3.8) is 0 Å². The third-order valence-corrected chi connectivity index (χ3v) is 3.31. The maximum atomic E-state index is 12.6. The minimum absolute atomic E-state index is 0.179. The summed E-state index contributed by atoms with van der Waals surface area (Å²) in [5, 5.41) is 0. The number of rotatable bonds is 0. The van der Waals surface area contributed by atoms with Gasteiger partial charge in [-0.3, -0.25) is 0 Å². The summed E-state index contributed by atoms with van der Waals surface area (Å²) in [5.41, 5.74) is -0.179. The molecule has 0 aromatic heterocycles. The molecule has 60 valence electrons. The van der Waals surface area contributed by atoms with Crippen LogP contribution in [0.2, 0.25) is 5.54 Å². The van der Waals surface area contributed by atoms with Crippen LogP contribution < -0.4 is 0 Å². The molecule has 4 heteroatoms. The van der Waals surface area contributed by atoms with Gasteiger partial charge in [-0.1, -0.05) is 0 Å². The topological polar surface area (TPSA) is 0 Å². The van der Waals surface area contributed by atoms with Crippen LogP contribution in [0.15, 0.2) is 0 Å². The Bertz CT molecular complexity index is 106. The third kappa shape index (κ3) is 1.36. The van der Waals surface area contributed by atoms with E-state index in [0.29, 0.717) is 16.7 Å². The highest BCUT2D eigenvalue weighted by atomic mass is 28.1. The van der Waals surface area contributed by atoms with Crippen molar-refractivity contribution in [1.82, 2.24) is 0 Å². The van der Waals surface area contributed by atoms with Crippen molar-refractivity contribution in [3.05, 3.63) is 0 Å². The van der Waals surface area contributed by atoms with Gasteiger partial charge in [0.25, 0.3) is 0 Å². The van der Waals surface area contributed by atoms with Gasteiger partial charge in [-0.25, -0.2) is 13.2 Å². The van der Waals surface area contributed by atoms with Gasteiger partial charge < -0.3 is 0 Å². The van der Waals surface area contributed by atoms with Gasteiger partial charge in [0.1, 0.15) is 12.3 Å². The average molecular weight is 168 g/mol. The molecule has 0 N–H and O–H groups in total. The summed E-state index contributed by atoms with van der Waals surface area (Å²) in [6.07, 6.45) is -4.21. The van der Waals surface area contributed by atoms with Crippen LogP contribution in [0.1, 0.15) is 12.8 Å². The molecular weight excluding hydrogens is 157 g/mol. The van der Waals surface area contributed by atoms with Gasteiger partial charge in [0.15, 0.2) is 6.17 Å². The molecule has 0 aliphatic heterocycles. The standard InChI is InChI=1S/C6H11F3Si/c7-3-1-2-4(10)6(9)5(3)8/h3-6H,1-2H2,10H3. The van der Waals surface area contributed by atoms with Crippen molar-refractivity contribution in [2.45, 2.75) is 36.9 Å². The van der Waals surface area contributed by atoms with E-state index in [9.17, 15) is 13.2 Å². The maximum Gasteiger partial charge on any atom is 0.162 e. The zero-order chi connectivity index (χ0) is 7.72. The second-order valence-corrected chi connectivity index (χ2v) is 4.44. The highest BCUT2D eigenvalue weighted by Gasteiger charge is 2.37. The second kappa shape index (κ2) is 2.94. The Balaban J connectivity index is 2.52. The first-order chi connectivity index (χ1) is 4.63. The van der Waals surface area contributed by atoms with E-state index in [2.05, 4.69) is 0 Å². The molecule has 0 radical (unpaired) electrons. The predicted octanol–water partition coefficient (Wildman–Crippen LogP) is 0.948. The van der Waals surface area contributed by atoms with Gasteiger partial charge >= 0.3 is 0 Å². The van der Waals surface area contributed by atoms with Crippen LogP contribution in [0.3, 0.4) is 0 Å². The first-order valence-electron chi connectivity index (χ1n) is 3.55. The van der Waals surface area contributed by atoms with Crippen molar-refractivity contribution in [3.8, 4) is 0 Å². The summed E-state index contributed by atoms with van der Waals surface area (Å²) in [6.45, 7) is 0. The van der Waals surface area contributed by atoms with Crippen LogP contribution in [0.4, 0.5) is 13.2 Å². The normalized spacial score (nSPS) is 49.5. The number of hydrogen-bond acceptors (Lipinski definition) is 0. The van der Waals surface area contributed by atoms with Gasteiger partial charge in [0.05, 0.1) is 0 Å². The molecule has 1 saturated carbocycles.